The highest BCUT2D eigenvalue weighted by molar-refractivity contribution is 6.21. The van der Waals surface area contributed by atoms with Crippen molar-refractivity contribution in [1.82, 2.24) is 10.2 Å². The molecular formula is C23H25N3O5. The van der Waals surface area contributed by atoms with Gasteiger partial charge >= 0.3 is 0 Å². The van der Waals surface area contributed by atoms with Gasteiger partial charge in [0.25, 0.3) is 11.8 Å². The number of benzene rings is 2. The molecule has 1 aliphatic rings. The van der Waals surface area contributed by atoms with Crippen molar-refractivity contribution in [3.63, 3.8) is 0 Å². The van der Waals surface area contributed by atoms with E-state index in [1.807, 2.05) is 13.0 Å². The van der Waals surface area contributed by atoms with Gasteiger partial charge in [-0.1, -0.05) is 23.8 Å². The Kier molecular flexibility index (Phi) is 7.15. The van der Waals surface area contributed by atoms with Crippen LogP contribution in [-0.2, 0) is 20.9 Å². The summed E-state index contributed by atoms with van der Waals surface area (Å²) < 4.78 is 4.78. The van der Waals surface area contributed by atoms with Crippen molar-refractivity contribution in [2.24, 2.45) is 0 Å². The molecule has 0 radical (unpaired) electrons. The molecule has 0 atom stereocenters. The molecule has 31 heavy (non-hydrogen) atoms. The maximum atomic E-state index is 12.5. The Morgan fingerprint density at radius 2 is 1.77 bits per heavy atom. The van der Waals surface area contributed by atoms with Gasteiger partial charge in [-0.25, -0.2) is 0 Å². The number of methoxy groups -OCH3 is 1. The van der Waals surface area contributed by atoms with Gasteiger partial charge in [0.05, 0.1) is 11.1 Å². The molecule has 3 rings (SSSR count). The molecule has 0 unspecified atom stereocenters. The van der Waals surface area contributed by atoms with Gasteiger partial charge in [-0.15, -0.1) is 0 Å². The van der Waals surface area contributed by atoms with Gasteiger partial charge in [0.15, 0.2) is 0 Å². The number of aryl methyl sites for hydroxylation is 1. The number of rotatable bonds is 9. The number of anilines is 1. The van der Waals surface area contributed by atoms with Crippen molar-refractivity contribution in [1.29, 1.82) is 0 Å². The van der Waals surface area contributed by atoms with Crippen LogP contribution in [0.25, 0.3) is 0 Å². The van der Waals surface area contributed by atoms with Crippen LogP contribution in [0.5, 0.6) is 0 Å². The van der Waals surface area contributed by atoms with Crippen LogP contribution in [0.1, 0.15) is 44.7 Å². The zero-order valence-corrected chi connectivity index (χ0v) is 17.6. The summed E-state index contributed by atoms with van der Waals surface area (Å²) in [6.45, 7) is 2.33. The van der Waals surface area contributed by atoms with Crippen LogP contribution in [0.2, 0.25) is 0 Å². The summed E-state index contributed by atoms with van der Waals surface area (Å²) in [5.74, 6) is -1.06. The second-order valence-electron chi connectivity index (χ2n) is 7.37. The van der Waals surface area contributed by atoms with Crippen molar-refractivity contribution < 1.29 is 23.9 Å². The summed E-state index contributed by atoms with van der Waals surface area (Å²) in [5.41, 5.74) is 3.21. The first-order chi connectivity index (χ1) is 14.9. The van der Waals surface area contributed by atoms with E-state index in [0.717, 1.165) is 11.1 Å². The summed E-state index contributed by atoms with van der Waals surface area (Å²) in [7, 11) is 1.45. The molecule has 1 aliphatic heterocycles. The Labute approximate surface area is 180 Å². The average Bonchev–Trinajstić information content (AvgIpc) is 2.97. The van der Waals surface area contributed by atoms with Crippen LogP contribution in [0.4, 0.5) is 5.69 Å². The summed E-state index contributed by atoms with van der Waals surface area (Å²) in [6, 6.07) is 12.3. The number of imide groups is 1. The predicted molar refractivity (Wildman–Crippen MR) is 115 cm³/mol. The number of nitrogens with one attached hydrogen (secondary N) is 2. The summed E-state index contributed by atoms with van der Waals surface area (Å²) in [4.78, 5) is 49.9. The first kappa shape index (κ1) is 22.2. The van der Waals surface area contributed by atoms with Crippen LogP contribution in [-0.4, -0.2) is 48.8 Å². The number of nitrogens with zero attached hydrogens (tertiary/aromatic N) is 1. The van der Waals surface area contributed by atoms with E-state index < -0.39 is 0 Å². The Morgan fingerprint density at radius 1 is 1.00 bits per heavy atom. The van der Waals surface area contributed by atoms with Crippen LogP contribution in [0, 0.1) is 6.92 Å². The van der Waals surface area contributed by atoms with Crippen molar-refractivity contribution in [3.8, 4) is 0 Å². The maximum Gasteiger partial charge on any atom is 0.261 e. The Balaban J connectivity index is 1.45. The molecule has 0 fully saturated rings. The SMILES string of the molecule is COCC(=O)Nc1cccc(CNC(=O)CCCN2C(=O)c3ccc(C)cc3C2=O)c1. The first-order valence-electron chi connectivity index (χ1n) is 10.0. The molecule has 0 saturated heterocycles. The van der Waals surface area contributed by atoms with E-state index in [9.17, 15) is 19.2 Å². The molecule has 2 aromatic carbocycles. The molecule has 0 aliphatic carbocycles. The number of fused-ring (bicyclic) bond motifs is 1. The molecule has 4 amide bonds. The van der Waals surface area contributed by atoms with Gasteiger partial charge in [-0.05, 0) is 43.2 Å². The molecule has 162 valence electrons. The van der Waals surface area contributed by atoms with E-state index in [-0.39, 0.29) is 43.2 Å². The molecular weight excluding hydrogens is 398 g/mol. The number of hydrogen-bond acceptors (Lipinski definition) is 5. The minimum atomic E-state index is -0.312. The van der Waals surface area contributed by atoms with Gasteiger partial charge in [-0.3, -0.25) is 24.1 Å². The standard InChI is InChI=1S/C23H25N3O5/c1-15-8-9-18-19(11-15)23(30)26(22(18)29)10-4-7-20(27)24-13-16-5-3-6-17(12-16)25-21(28)14-31-2/h3,5-6,8-9,11-12H,4,7,10,13-14H2,1-2H3,(H,24,27)(H,25,28). The highest BCUT2D eigenvalue weighted by Gasteiger charge is 2.34. The van der Waals surface area contributed by atoms with Gasteiger partial charge in [0.2, 0.25) is 11.8 Å². The molecule has 0 aromatic heterocycles. The van der Waals surface area contributed by atoms with Crippen LogP contribution in [0.15, 0.2) is 42.5 Å². The van der Waals surface area contributed by atoms with E-state index in [1.165, 1.54) is 12.0 Å². The van der Waals surface area contributed by atoms with E-state index in [2.05, 4.69) is 10.6 Å². The number of carbonyl (C=O) groups excluding carboxylic acids is 4. The van der Waals surface area contributed by atoms with Gasteiger partial charge in [0, 0.05) is 32.3 Å². The number of hydrogen-bond donors (Lipinski definition) is 2. The fraction of sp³-hybridized carbons (Fsp3) is 0.304. The average molecular weight is 423 g/mol. The predicted octanol–water partition coefficient (Wildman–Crippen LogP) is 2.27. The fourth-order valence-corrected chi connectivity index (χ4v) is 3.38. The lowest BCUT2D eigenvalue weighted by molar-refractivity contribution is -0.121. The van der Waals surface area contributed by atoms with E-state index in [1.54, 1.807) is 36.4 Å². The molecule has 2 aromatic rings. The summed E-state index contributed by atoms with van der Waals surface area (Å²) in [6.07, 6.45) is 0.570. The third kappa shape index (κ3) is 5.55. The summed E-state index contributed by atoms with van der Waals surface area (Å²) >= 11 is 0. The van der Waals surface area contributed by atoms with Crippen LogP contribution in [0.3, 0.4) is 0 Å². The first-order valence-corrected chi connectivity index (χ1v) is 10.0. The monoisotopic (exact) mass is 423 g/mol. The van der Waals surface area contributed by atoms with E-state index in [0.29, 0.717) is 29.8 Å². The molecule has 2 N–H and O–H groups in total. The van der Waals surface area contributed by atoms with Crippen LogP contribution < -0.4 is 10.6 Å². The Hall–Kier alpha value is -3.52. The molecule has 1 heterocycles. The van der Waals surface area contributed by atoms with Crippen molar-refractivity contribution >= 4 is 29.3 Å². The fourth-order valence-electron chi connectivity index (χ4n) is 3.38. The third-order valence-electron chi connectivity index (χ3n) is 4.89. The lowest BCUT2D eigenvalue weighted by Crippen LogP contribution is -2.32. The molecule has 0 bridgehead atoms. The largest absolute Gasteiger partial charge is 0.375 e. The minimum Gasteiger partial charge on any atom is -0.375 e. The molecule has 0 saturated carbocycles. The lowest BCUT2D eigenvalue weighted by Gasteiger charge is -2.13. The third-order valence-corrected chi connectivity index (χ3v) is 4.89. The molecule has 8 nitrogen and oxygen atoms in total. The van der Waals surface area contributed by atoms with Gasteiger partial charge in [0.1, 0.15) is 6.61 Å². The molecule has 0 spiro atoms. The van der Waals surface area contributed by atoms with Gasteiger partial charge in [-0.2, -0.15) is 0 Å². The lowest BCUT2D eigenvalue weighted by atomic mass is 10.1. The smallest absolute Gasteiger partial charge is 0.261 e. The van der Waals surface area contributed by atoms with Crippen LogP contribution >= 0.6 is 0 Å². The topological polar surface area (TPSA) is 105 Å². The highest BCUT2D eigenvalue weighted by Crippen LogP contribution is 2.24. The summed E-state index contributed by atoms with van der Waals surface area (Å²) in [5, 5.41) is 5.52. The Bertz CT molecular complexity index is 1020. The minimum absolute atomic E-state index is 0.0341. The molecule has 8 heteroatoms. The maximum absolute atomic E-state index is 12.5. The number of carbonyl (C=O) groups is 4. The normalized spacial score (nSPS) is 12.6. The van der Waals surface area contributed by atoms with Crippen molar-refractivity contribution in [3.05, 3.63) is 64.7 Å². The zero-order valence-electron chi connectivity index (χ0n) is 17.6. The number of ether oxygens (including phenoxy) is 1. The second kappa shape index (κ2) is 9.99. The Morgan fingerprint density at radius 3 is 2.55 bits per heavy atom. The second-order valence-corrected chi connectivity index (χ2v) is 7.37. The van der Waals surface area contributed by atoms with E-state index in [4.69, 9.17) is 4.74 Å². The van der Waals surface area contributed by atoms with Crippen molar-refractivity contribution in [2.75, 3.05) is 25.6 Å². The van der Waals surface area contributed by atoms with Gasteiger partial charge < -0.3 is 15.4 Å². The zero-order chi connectivity index (χ0) is 22.4. The highest BCUT2D eigenvalue weighted by atomic mass is 16.5. The van der Waals surface area contributed by atoms with E-state index >= 15 is 0 Å². The quantitative estimate of drug-likeness (QED) is 0.602. The van der Waals surface area contributed by atoms with Crippen molar-refractivity contribution in [2.45, 2.75) is 26.3 Å². The number of amides is 4.